The van der Waals surface area contributed by atoms with Crippen LogP contribution in [0.2, 0.25) is 0 Å². The minimum atomic E-state index is -0.803. The minimum absolute atomic E-state index is 0.0644. The van der Waals surface area contributed by atoms with Crippen LogP contribution in [0.4, 0.5) is 5.69 Å². The first-order chi connectivity index (χ1) is 9.54. The van der Waals surface area contributed by atoms with E-state index in [9.17, 15) is 14.7 Å². The van der Waals surface area contributed by atoms with Crippen LogP contribution in [0.5, 0.6) is 5.75 Å². The summed E-state index contributed by atoms with van der Waals surface area (Å²) in [5.74, 6) is -1.04. The Bertz CT molecular complexity index is 531. The third kappa shape index (κ3) is 2.67. The maximum Gasteiger partial charge on any atom is 0.331 e. The molecule has 20 heavy (non-hydrogen) atoms. The number of anilines is 1. The molecule has 108 valence electrons. The molecule has 1 heterocycles. The van der Waals surface area contributed by atoms with Crippen molar-refractivity contribution in [3.05, 3.63) is 23.8 Å². The Balaban J connectivity index is 2.30. The van der Waals surface area contributed by atoms with Crippen LogP contribution in [-0.2, 0) is 14.3 Å². The Kier molecular flexibility index (Phi) is 4.09. The number of rotatable bonds is 2. The van der Waals surface area contributed by atoms with Gasteiger partial charge in [0, 0.05) is 12.2 Å². The monoisotopic (exact) mass is 280 g/mol. The van der Waals surface area contributed by atoms with Crippen molar-refractivity contribution in [1.29, 1.82) is 0 Å². The first-order valence-corrected chi connectivity index (χ1v) is 6.09. The molecule has 0 radical (unpaired) electrons. The minimum Gasteiger partial charge on any atom is -0.508 e. The second kappa shape index (κ2) is 5.79. The number of esters is 1. The molecule has 1 amide bonds. The summed E-state index contributed by atoms with van der Waals surface area (Å²) in [4.78, 5) is 25.5. The quantitative estimate of drug-likeness (QED) is 0.449. The highest BCUT2D eigenvalue weighted by Crippen LogP contribution is 2.22. The lowest BCUT2D eigenvalue weighted by molar-refractivity contribution is -0.151. The van der Waals surface area contributed by atoms with E-state index < -0.39 is 17.9 Å². The van der Waals surface area contributed by atoms with E-state index in [1.807, 2.05) is 0 Å². The van der Waals surface area contributed by atoms with E-state index in [0.717, 1.165) is 0 Å². The molecule has 0 saturated carbocycles. The molecular weight excluding hydrogens is 264 g/mol. The van der Waals surface area contributed by atoms with E-state index in [0.29, 0.717) is 6.61 Å². The van der Waals surface area contributed by atoms with Crippen LogP contribution >= 0.6 is 0 Å². The molecule has 1 saturated heterocycles. The fourth-order valence-electron chi connectivity index (χ4n) is 2.06. The zero-order chi connectivity index (χ0) is 14.7. The second-order valence-corrected chi connectivity index (χ2v) is 4.38. The summed E-state index contributed by atoms with van der Waals surface area (Å²) < 4.78 is 9.87. The molecule has 1 unspecified atom stereocenters. The summed E-state index contributed by atoms with van der Waals surface area (Å²) in [6.45, 7) is 0.669. The molecule has 2 rings (SSSR count). The van der Waals surface area contributed by atoms with Crippen LogP contribution < -0.4 is 5.73 Å². The number of carbonyl (C=O) groups is 2. The summed E-state index contributed by atoms with van der Waals surface area (Å²) in [7, 11) is 1.25. The zero-order valence-electron chi connectivity index (χ0n) is 11.0. The van der Waals surface area contributed by atoms with Gasteiger partial charge in [0.1, 0.15) is 5.75 Å². The number of amides is 1. The van der Waals surface area contributed by atoms with Crippen molar-refractivity contribution in [2.45, 2.75) is 6.04 Å². The number of nitrogens with two attached hydrogens (primary N) is 1. The molecule has 0 aliphatic carbocycles. The molecule has 1 aromatic carbocycles. The van der Waals surface area contributed by atoms with Crippen molar-refractivity contribution >= 4 is 17.6 Å². The molecule has 0 aromatic heterocycles. The van der Waals surface area contributed by atoms with Gasteiger partial charge < -0.3 is 25.2 Å². The third-order valence-electron chi connectivity index (χ3n) is 3.13. The standard InChI is InChI=1S/C13H16N2O5/c1-19-13(18)11-7-20-5-4-15(11)12(17)9-6-8(16)2-3-10(9)14/h2-3,6,11,16H,4-5,7,14H2,1H3. The summed E-state index contributed by atoms with van der Waals surface area (Å²) in [5, 5.41) is 9.46. The molecule has 1 aliphatic rings. The van der Waals surface area contributed by atoms with Crippen molar-refractivity contribution in [1.82, 2.24) is 4.90 Å². The number of morpholine rings is 1. The number of aromatic hydroxyl groups is 1. The largest absolute Gasteiger partial charge is 0.508 e. The van der Waals surface area contributed by atoms with Gasteiger partial charge in [-0.3, -0.25) is 4.79 Å². The SMILES string of the molecule is COC(=O)C1COCCN1C(=O)c1cc(O)ccc1N. The van der Waals surface area contributed by atoms with Gasteiger partial charge >= 0.3 is 5.97 Å². The Morgan fingerprint density at radius 2 is 2.25 bits per heavy atom. The number of hydrogen-bond donors (Lipinski definition) is 2. The van der Waals surface area contributed by atoms with Gasteiger partial charge in [0.15, 0.2) is 6.04 Å². The summed E-state index contributed by atoms with van der Waals surface area (Å²) >= 11 is 0. The van der Waals surface area contributed by atoms with Crippen LogP contribution in [0.25, 0.3) is 0 Å². The molecule has 0 bridgehead atoms. The van der Waals surface area contributed by atoms with Crippen LogP contribution in [-0.4, -0.2) is 54.8 Å². The number of methoxy groups -OCH3 is 1. The lowest BCUT2D eigenvalue weighted by Gasteiger charge is -2.33. The number of hydrogen-bond acceptors (Lipinski definition) is 6. The molecular formula is C13H16N2O5. The average molecular weight is 280 g/mol. The highest BCUT2D eigenvalue weighted by molar-refractivity contribution is 6.01. The van der Waals surface area contributed by atoms with Gasteiger partial charge in [0.05, 0.1) is 25.9 Å². The predicted octanol–water partition coefficient (Wildman–Crippen LogP) is -0.0116. The van der Waals surface area contributed by atoms with Gasteiger partial charge in [-0.05, 0) is 18.2 Å². The molecule has 1 fully saturated rings. The highest BCUT2D eigenvalue weighted by atomic mass is 16.5. The van der Waals surface area contributed by atoms with Gasteiger partial charge in [0.25, 0.3) is 5.91 Å². The lowest BCUT2D eigenvalue weighted by Crippen LogP contribution is -2.53. The van der Waals surface area contributed by atoms with Crippen molar-refractivity contribution in [3.8, 4) is 5.75 Å². The molecule has 3 N–H and O–H groups in total. The number of nitrogen functional groups attached to an aromatic ring is 1. The van der Waals surface area contributed by atoms with Gasteiger partial charge in [-0.25, -0.2) is 4.79 Å². The molecule has 7 nitrogen and oxygen atoms in total. The van der Waals surface area contributed by atoms with Crippen LogP contribution in [0.1, 0.15) is 10.4 Å². The van der Waals surface area contributed by atoms with Gasteiger partial charge in [-0.2, -0.15) is 0 Å². The molecule has 1 aromatic rings. The molecule has 0 spiro atoms. The maximum atomic E-state index is 12.5. The van der Waals surface area contributed by atoms with E-state index in [1.165, 1.54) is 30.2 Å². The fourth-order valence-corrected chi connectivity index (χ4v) is 2.06. The van der Waals surface area contributed by atoms with E-state index in [-0.39, 0.29) is 30.2 Å². The summed E-state index contributed by atoms with van der Waals surface area (Å²) in [6, 6.07) is 3.31. The van der Waals surface area contributed by atoms with E-state index >= 15 is 0 Å². The zero-order valence-corrected chi connectivity index (χ0v) is 11.0. The van der Waals surface area contributed by atoms with E-state index in [2.05, 4.69) is 4.74 Å². The Hall–Kier alpha value is -2.28. The van der Waals surface area contributed by atoms with Crippen molar-refractivity contribution in [2.24, 2.45) is 0 Å². The van der Waals surface area contributed by atoms with Gasteiger partial charge in [-0.1, -0.05) is 0 Å². The fraction of sp³-hybridized carbons (Fsp3) is 0.385. The predicted molar refractivity (Wildman–Crippen MR) is 70.2 cm³/mol. The maximum absolute atomic E-state index is 12.5. The van der Waals surface area contributed by atoms with E-state index in [1.54, 1.807) is 0 Å². The first kappa shape index (κ1) is 14.1. The molecule has 7 heteroatoms. The van der Waals surface area contributed by atoms with Crippen molar-refractivity contribution < 1.29 is 24.2 Å². The Labute approximate surface area is 115 Å². The number of ether oxygens (including phenoxy) is 2. The lowest BCUT2D eigenvalue weighted by atomic mass is 10.1. The number of phenolic OH excluding ortho intramolecular Hbond substituents is 1. The number of nitrogens with zero attached hydrogens (tertiary/aromatic N) is 1. The van der Waals surface area contributed by atoms with Crippen LogP contribution in [0, 0.1) is 0 Å². The third-order valence-corrected chi connectivity index (χ3v) is 3.13. The molecule has 1 atom stereocenters. The summed E-state index contributed by atoms with van der Waals surface area (Å²) in [6.07, 6.45) is 0. The number of carbonyl (C=O) groups excluding carboxylic acids is 2. The highest BCUT2D eigenvalue weighted by Gasteiger charge is 2.34. The number of benzene rings is 1. The Morgan fingerprint density at radius 1 is 1.50 bits per heavy atom. The van der Waals surface area contributed by atoms with Gasteiger partial charge in [-0.15, -0.1) is 0 Å². The Morgan fingerprint density at radius 3 is 2.95 bits per heavy atom. The second-order valence-electron chi connectivity index (χ2n) is 4.38. The smallest absolute Gasteiger partial charge is 0.331 e. The van der Waals surface area contributed by atoms with Crippen LogP contribution in [0.15, 0.2) is 18.2 Å². The normalized spacial score (nSPS) is 18.6. The average Bonchev–Trinajstić information content (AvgIpc) is 2.48. The van der Waals surface area contributed by atoms with Crippen molar-refractivity contribution in [3.63, 3.8) is 0 Å². The topological polar surface area (TPSA) is 102 Å². The van der Waals surface area contributed by atoms with Gasteiger partial charge in [0.2, 0.25) is 0 Å². The first-order valence-electron chi connectivity index (χ1n) is 6.09. The summed E-state index contributed by atoms with van der Waals surface area (Å²) in [5.41, 5.74) is 6.14. The van der Waals surface area contributed by atoms with Crippen LogP contribution in [0.3, 0.4) is 0 Å². The van der Waals surface area contributed by atoms with Crippen molar-refractivity contribution in [2.75, 3.05) is 32.6 Å². The molecule has 1 aliphatic heterocycles. The van der Waals surface area contributed by atoms with E-state index in [4.69, 9.17) is 10.5 Å². The number of phenols is 1.